The van der Waals surface area contributed by atoms with Crippen molar-refractivity contribution in [1.82, 2.24) is 4.90 Å². The molecule has 1 N–H and O–H groups in total. The molecule has 0 bridgehead atoms. The Morgan fingerprint density at radius 1 is 1.12 bits per heavy atom. The maximum absolute atomic E-state index is 12.7. The number of carbonyl (C=O) groups is 1. The molecule has 0 spiro atoms. The van der Waals surface area contributed by atoms with Crippen molar-refractivity contribution in [1.29, 1.82) is 0 Å². The SMILES string of the molecule is COc1cccc(CN2CCC(C(=O)Nc3c(C)cccc3C)CC2)c1. The van der Waals surface area contributed by atoms with E-state index in [9.17, 15) is 4.79 Å². The number of nitrogens with one attached hydrogen (secondary N) is 1. The Morgan fingerprint density at radius 2 is 1.77 bits per heavy atom. The van der Waals surface area contributed by atoms with Gasteiger partial charge in [-0.3, -0.25) is 9.69 Å². The van der Waals surface area contributed by atoms with Gasteiger partial charge >= 0.3 is 0 Å². The van der Waals surface area contributed by atoms with E-state index >= 15 is 0 Å². The normalized spacial score (nSPS) is 15.7. The summed E-state index contributed by atoms with van der Waals surface area (Å²) in [7, 11) is 1.69. The molecule has 0 saturated carbocycles. The third-order valence-electron chi connectivity index (χ3n) is 5.23. The minimum atomic E-state index is 0.0931. The van der Waals surface area contributed by atoms with Crippen molar-refractivity contribution in [2.75, 3.05) is 25.5 Å². The maximum Gasteiger partial charge on any atom is 0.227 e. The Hall–Kier alpha value is -2.33. The van der Waals surface area contributed by atoms with Crippen LogP contribution in [0.5, 0.6) is 5.75 Å². The number of likely N-dealkylation sites (tertiary alicyclic amines) is 1. The smallest absolute Gasteiger partial charge is 0.227 e. The van der Waals surface area contributed by atoms with Crippen molar-refractivity contribution < 1.29 is 9.53 Å². The second-order valence-electron chi connectivity index (χ2n) is 7.16. The first-order chi connectivity index (χ1) is 12.6. The van der Waals surface area contributed by atoms with E-state index in [2.05, 4.69) is 22.3 Å². The van der Waals surface area contributed by atoms with Crippen LogP contribution < -0.4 is 10.1 Å². The number of benzene rings is 2. The highest BCUT2D eigenvalue weighted by atomic mass is 16.5. The van der Waals surface area contributed by atoms with Crippen LogP contribution in [0.15, 0.2) is 42.5 Å². The van der Waals surface area contributed by atoms with E-state index in [-0.39, 0.29) is 11.8 Å². The van der Waals surface area contributed by atoms with Gasteiger partial charge in [0.2, 0.25) is 5.91 Å². The van der Waals surface area contributed by atoms with Crippen LogP contribution in [0.2, 0.25) is 0 Å². The zero-order valence-electron chi connectivity index (χ0n) is 15.9. The molecule has 0 aromatic heterocycles. The molecule has 2 aromatic carbocycles. The van der Waals surface area contributed by atoms with Gasteiger partial charge in [-0.05, 0) is 68.6 Å². The van der Waals surface area contributed by atoms with Crippen LogP contribution >= 0.6 is 0 Å². The largest absolute Gasteiger partial charge is 0.497 e. The molecule has 2 aromatic rings. The summed E-state index contributed by atoms with van der Waals surface area (Å²) in [6.45, 7) is 6.88. The zero-order valence-corrected chi connectivity index (χ0v) is 15.9. The molecule has 1 heterocycles. The number of nitrogens with zero attached hydrogens (tertiary/aromatic N) is 1. The van der Waals surface area contributed by atoms with Crippen LogP contribution in [0.4, 0.5) is 5.69 Å². The summed E-state index contributed by atoms with van der Waals surface area (Å²) >= 11 is 0. The fourth-order valence-electron chi connectivity index (χ4n) is 3.62. The number of hydrogen-bond acceptors (Lipinski definition) is 3. The van der Waals surface area contributed by atoms with Gasteiger partial charge in [-0.2, -0.15) is 0 Å². The van der Waals surface area contributed by atoms with Crippen LogP contribution in [-0.2, 0) is 11.3 Å². The molecule has 4 nitrogen and oxygen atoms in total. The number of anilines is 1. The average molecular weight is 352 g/mol. The lowest BCUT2D eigenvalue weighted by Gasteiger charge is -2.31. The molecule has 1 aliphatic rings. The predicted molar refractivity (Wildman–Crippen MR) is 106 cm³/mol. The van der Waals surface area contributed by atoms with Gasteiger partial charge in [-0.15, -0.1) is 0 Å². The number of para-hydroxylation sites is 1. The topological polar surface area (TPSA) is 41.6 Å². The Kier molecular flexibility index (Phi) is 5.94. The molecule has 0 aliphatic carbocycles. The molecule has 0 unspecified atom stereocenters. The van der Waals surface area contributed by atoms with E-state index in [0.717, 1.165) is 55.0 Å². The third kappa shape index (κ3) is 4.44. The summed E-state index contributed by atoms with van der Waals surface area (Å²) in [6, 6.07) is 14.3. The first kappa shape index (κ1) is 18.5. The monoisotopic (exact) mass is 352 g/mol. The standard InChI is InChI=1S/C22H28N2O2/c1-16-6-4-7-17(2)21(16)23-22(25)19-10-12-24(13-11-19)15-18-8-5-9-20(14-18)26-3/h4-9,14,19H,10-13,15H2,1-3H3,(H,23,25). The minimum Gasteiger partial charge on any atom is -0.497 e. The third-order valence-corrected chi connectivity index (χ3v) is 5.23. The van der Waals surface area contributed by atoms with E-state index < -0.39 is 0 Å². The predicted octanol–water partition coefficient (Wildman–Crippen LogP) is 4.16. The number of piperidine rings is 1. The molecule has 0 radical (unpaired) electrons. The summed E-state index contributed by atoms with van der Waals surface area (Å²) in [6.07, 6.45) is 1.81. The van der Waals surface area contributed by atoms with Crippen LogP contribution in [-0.4, -0.2) is 31.0 Å². The van der Waals surface area contributed by atoms with Crippen molar-refractivity contribution in [3.8, 4) is 5.75 Å². The molecule has 0 atom stereocenters. The number of methoxy groups -OCH3 is 1. The van der Waals surface area contributed by atoms with Crippen LogP contribution in [0.1, 0.15) is 29.5 Å². The first-order valence-electron chi connectivity index (χ1n) is 9.29. The molecule has 1 fully saturated rings. The zero-order chi connectivity index (χ0) is 18.5. The van der Waals surface area contributed by atoms with Gasteiger partial charge in [0.1, 0.15) is 5.75 Å². The highest BCUT2D eigenvalue weighted by molar-refractivity contribution is 5.94. The second kappa shape index (κ2) is 8.37. The molecule has 3 rings (SSSR count). The van der Waals surface area contributed by atoms with Crippen molar-refractivity contribution in [3.63, 3.8) is 0 Å². The molecule has 138 valence electrons. The number of hydrogen-bond donors (Lipinski definition) is 1. The van der Waals surface area contributed by atoms with Gasteiger partial charge in [0, 0.05) is 18.2 Å². The van der Waals surface area contributed by atoms with Crippen LogP contribution in [0.25, 0.3) is 0 Å². The lowest BCUT2D eigenvalue weighted by atomic mass is 9.95. The van der Waals surface area contributed by atoms with Crippen LogP contribution in [0.3, 0.4) is 0 Å². The highest BCUT2D eigenvalue weighted by Gasteiger charge is 2.25. The summed E-state index contributed by atoms with van der Waals surface area (Å²) in [5.74, 6) is 1.14. The fraction of sp³-hybridized carbons (Fsp3) is 0.409. The molecule has 1 amide bonds. The number of carbonyl (C=O) groups excluding carboxylic acids is 1. The number of aryl methyl sites for hydroxylation is 2. The summed E-state index contributed by atoms with van der Waals surface area (Å²) < 4.78 is 5.30. The molecule has 1 saturated heterocycles. The Morgan fingerprint density at radius 3 is 2.42 bits per heavy atom. The maximum atomic E-state index is 12.7. The summed E-state index contributed by atoms with van der Waals surface area (Å²) in [5, 5.41) is 3.15. The lowest BCUT2D eigenvalue weighted by molar-refractivity contribution is -0.121. The quantitative estimate of drug-likeness (QED) is 0.878. The molecule has 4 heteroatoms. The van der Waals surface area contributed by atoms with E-state index in [1.807, 2.05) is 44.2 Å². The van der Waals surface area contributed by atoms with E-state index in [1.165, 1.54) is 5.56 Å². The highest BCUT2D eigenvalue weighted by Crippen LogP contribution is 2.24. The average Bonchev–Trinajstić information content (AvgIpc) is 2.65. The molecule has 1 aliphatic heterocycles. The van der Waals surface area contributed by atoms with Gasteiger partial charge in [-0.25, -0.2) is 0 Å². The summed E-state index contributed by atoms with van der Waals surface area (Å²) in [5.41, 5.74) is 4.46. The van der Waals surface area contributed by atoms with Crippen molar-refractivity contribution in [3.05, 3.63) is 59.2 Å². The van der Waals surface area contributed by atoms with Crippen molar-refractivity contribution in [2.24, 2.45) is 5.92 Å². The van der Waals surface area contributed by atoms with E-state index in [4.69, 9.17) is 4.74 Å². The minimum absolute atomic E-state index is 0.0931. The molecular formula is C22H28N2O2. The summed E-state index contributed by atoms with van der Waals surface area (Å²) in [4.78, 5) is 15.1. The lowest BCUT2D eigenvalue weighted by Crippen LogP contribution is -2.37. The van der Waals surface area contributed by atoms with Gasteiger partial charge in [0.15, 0.2) is 0 Å². The molecular weight excluding hydrogens is 324 g/mol. The van der Waals surface area contributed by atoms with Gasteiger partial charge < -0.3 is 10.1 Å². The number of rotatable bonds is 5. The fourth-order valence-corrected chi connectivity index (χ4v) is 3.62. The van der Waals surface area contributed by atoms with Gasteiger partial charge in [0.05, 0.1) is 7.11 Å². The Labute approximate surface area is 156 Å². The Balaban J connectivity index is 1.54. The Bertz CT molecular complexity index is 744. The number of amides is 1. The molecule has 26 heavy (non-hydrogen) atoms. The van der Waals surface area contributed by atoms with Crippen molar-refractivity contribution >= 4 is 11.6 Å². The second-order valence-corrected chi connectivity index (χ2v) is 7.16. The van der Waals surface area contributed by atoms with E-state index in [1.54, 1.807) is 7.11 Å². The van der Waals surface area contributed by atoms with Crippen LogP contribution in [0, 0.1) is 19.8 Å². The van der Waals surface area contributed by atoms with Crippen molar-refractivity contribution in [2.45, 2.75) is 33.2 Å². The van der Waals surface area contributed by atoms with Gasteiger partial charge in [-0.1, -0.05) is 30.3 Å². The van der Waals surface area contributed by atoms with E-state index in [0.29, 0.717) is 0 Å². The number of ether oxygens (including phenoxy) is 1. The first-order valence-corrected chi connectivity index (χ1v) is 9.29. The van der Waals surface area contributed by atoms with Gasteiger partial charge in [0.25, 0.3) is 0 Å².